The minimum Gasteiger partial charge on any atom is -0.340 e. The van der Waals surface area contributed by atoms with Gasteiger partial charge in [-0.1, -0.05) is 12.1 Å². The van der Waals surface area contributed by atoms with Crippen molar-refractivity contribution < 1.29 is 18.0 Å². The van der Waals surface area contributed by atoms with Crippen molar-refractivity contribution in [3.63, 3.8) is 0 Å². The molecule has 1 aromatic carbocycles. The maximum absolute atomic E-state index is 12.1. The van der Waals surface area contributed by atoms with Crippen LogP contribution in [0.1, 0.15) is 18.9 Å². The minimum absolute atomic E-state index is 0.0689. The lowest BCUT2D eigenvalue weighted by Crippen LogP contribution is -2.49. The zero-order valence-corrected chi connectivity index (χ0v) is 16.2. The summed E-state index contributed by atoms with van der Waals surface area (Å²) in [6.07, 6.45) is 2.13. The van der Waals surface area contributed by atoms with Gasteiger partial charge in [0, 0.05) is 58.0 Å². The number of benzene rings is 1. The second-order valence-electron chi connectivity index (χ2n) is 6.73. The third kappa shape index (κ3) is 7.13. The highest BCUT2D eigenvalue weighted by atomic mass is 32.2. The largest absolute Gasteiger partial charge is 0.340 e. The van der Waals surface area contributed by atoms with E-state index in [1.54, 1.807) is 4.90 Å². The van der Waals surface area contributed by atoms with Crippen molar-refractivity contribution in [2.75, 3.05) is 50.0 Å². The molecule has 0 saturated carbocycles. The molecule has 1 N–H and O–H groups in total. The first kappa shape index (κ1) is 20.4. The predicted octanol–water partition coefficient (Wildman–Crippen LogP) is 0.766. The molecule has 1 heterocycles. The van der Waals surface area contributed by atoms with Crippen LogP contribution >= 0.6 is 0 Å². The van der Waals surface area contributed by atoms with Crippen molar-refractivity contribution in [2.24, 2.45) is 0 Å². The Morgan fingerprint density at radius 3 is 2.23 bits per heavy atom. The third-order valence-corrected chi connectivity index (χ3v) is 5.35. The molecule has 0 radical (unpaired) electrons. The molecule has 1 aromatic rings. The number of hydrogen-bond acceptors (Lipinski definition) is 5. The van der Waals surface area contributed by atoms with Gasteiger partial charge >= 0.3 is 0 Å². The van der Waals surface area contributed by atoms with E-state index in [1.807, 2.05) is 24.3 Å². The van der Waals surface area contributed by atoms with Gasteiger partial charge in [0.25, 0.3) is 0 Å². The van der Waals surface area contributed by atoms with E-state index in [0.29, 0.717) is 13.1 Å². The lowest BCUT2D eigenvalue weighted by Gasteiger charge is -2.34. The zero-order chi connectivity index (χ0) is 19.2. The lowest BCUT2D eigenvalue weighted by atomic mass is 10.1. The number of hydrogen-bond donors (Lipinski definition) is 1. The molecule has 0 unspecified atom stereocenters. The molecule has 0 bridgehead atoms. The Morgan fingerprint density at radius 2 is 1.69 bits per heavy atom. The molecule has 2 rings (SSSR count). The molecular weight excluding hydrogens is 354 g/mol. The number of rotatable bonds is 7. The molecule has 2 amide bonds. The molecule has 1 aliphatic heterocycles. The van der Waals surface area contributed by atoms with Crippen LogP contribution in [0.2, 0.25) is 0 Å². The zero-order valence-electron chi connectivity index (χ0n) is 15.4. The van der Waals surface area contributed by atoms with Crippen LogP contribution in [0.4, 0.5) is 5.69 Å². The Hall–Kier alpha value is -1.93. The van der Waals surface area contributed by atoms with Crippen molar-refractivity contribution >= 4 is 27.3 Å². The highest BCUT2D eigenvalue weighted by molar-refractivity contribution is 7.90. The first-order chi connectivity index (χ1) is 12.2. The molecule has 8 heteroatoms. The van der Waals surface area contributed by atoms with E-state index >= 15 is 0 Å². The number of nitrogens with one attached hydrogen (secondary N) is 1. The number of nitrogens with zero attached hydrogens (tertiary/aromatic N) is 2. The SMILES string of the molecule is CC(=O)Nc1ccc(CCN2CCN(C(=O)CCS(C)(=O)=O)CC2)cc1. The Bertz CT molecular complexity index is 723. The van der Waals surface area contributed by atoms with Gasteiger partial charge < -0.3 is 10.2 Å². The minimum atomic E-state index is -3.10. The van der Waals surface area contributed by atoms with E-state index in [4.69, 9.17) is 0 Å². The fourth-order valence-electron chi connectivity index (χ4n) is 2.90. The first-order valence-corrected chi connectivity index (χ1v) is 10.8. The summed E-state index contributed by atoms with van der Waals surface area (Å²) in [5.74, 6) is -0.245. The predicted molar refractivity (Wildman–Crippen MR) is 102 cm³/mol. The summed E-state index contributed by atoms with van der Waals surface area (Å²) in [4.78, 5) is 27.1. The molecular formula is C18H27N3O4S. The monoisotopic (exact) mass is 381 g/mol. The summed E-state index contributed by atoms with van der Waals surface area (Å²) in [5.41, 5.74) is 1.99. The number of piperazine rings is 1. The summed E-state index contributed by atoms with van der Waals surface area (Å²) in [5, 5.41) is 2.75. The molecule has 1 aliphatic rings. The van der Waals surface area contributed by atoms with E-state index < -0.39 is 9.84 Å². The van der Waals surface area contributed by atoms with Gasteiger partial charge in [0.1, 0.15) is 9.84 Å². The van der Waals surface area contributed by atoms with Gasteiger partial charge in [0.2, 0.25) is 11.8 Å². The van der Waals surface area contributed by atoms with Gasteiger partial charge in [-0.3, -0.25) is 14.5 Å². The van der Waals surface area contributed by atoms with E-state index in [1.165, 1.54) is 12.5 Å². The smallest absolute Gasteiger partial charge is 0.223 e. The number of sulfone groups is 1. The normalized spacial score (nSPS) is 15.7. The van der Waals surface area contributed by atoms with Crippen LogP contribution in [-0.2, 0) is 25.8 Å². The molecule has 0 spiro atoms. The molecule has 0 aliphatic carbocycles. The van der Waals surface area contributed by atoms with E-state index in [2.05, 4.69) is 10.2 Å². The molecule has 26 heavy (non-hydrogen) atoms. The summed E-state index contributed by atoms with van der Waals surface area (Å²) >= 11 is 0. The molecule has 7 nitrogen and oxygen atoms in total. The van der Waals surface area contributed by atoms with Crippen molar-refractivity contribution in [1.82, 2.24) is 9.80 Å². The Balaban J connectivity index is 1.71. The average Bonchev–Trinajstić information content (AvgIpc) is 2.58. The van der Waals surface area contributed by atoms with Crippen LogP contribution in [0.5, 0.6) is 0 Å². The van der Waals surface area contributed by atoms with Crippen LogP contribution in [-0.4, -0.2) is 74.8 Å². The van der Waals surface area contributed by atoms with Crippen molar-refractivity contribution in [3.05, 3.63) is 29.8 Å². The fourth-order valence-corrected chi connectivity index (χ4v) is 3.44. The highest BCUT2D eigenvalue weighted by Gasteiger charge is 2.21. The van der Waals surface area contributed by atoms with Crippen molar-refractivity contribution in [1.29, 1.82) is 0 Å². The van der Waals surface area contributed by atoms with Gasteiger partial charge in [0.05, 0.1) is 5.75 Å². The summed E-state index contributed by atoms with van der Waals surface area (Å²) in [7, 11) is -3.10. The van der Waals surface area contributed by atoms with E-state index in [0.717, 1.165) is 38.0 Å². The lowest BCUT2D eigenvalue weighted by molar-refractivity contribution is -0.132. The number of anilines is 1. The van der Waals surface area contributed by atoms with Gasteiger partial charge in [-0.05, 0) is 24.1 Å². The van der Waals surface area contributed by atoms with Crippen molar-refractivity contribution in [3.8, 4) is 0 Å². The summed E-state index contributed by atoms with van der Waals surface area (Å²) < 4.78 is 22.3. The Labute approximate surface area is 155 Å². The molecule has 0 aromatic heterocycles. The standard InChI is InChI=1S/C18H27N3O4S/c1-15(22)19-17-5-3-16(4-6-17)7-9-20-10-12-21(13-11-20)18(23)8-14-26(2,24)25/h3-6H,7-14H2,1-2H3,(H,19,22). The number of carbonyl (C=O) groups is 2. The van der Waals surface area contributed by atoms with Crippen molar-refractivity contribution in [2.45, 2.75) is 19.8 Å². The summed E-state index contributed by atoms with van der Waals surface area (Å²) in [6.45, 7) is 5.28. The second kappa shape index (κ2) is 9.14. The number of carbonyl (C=O) groups excluding carboxylic acids is 2. The van der Waals surface area contributed by atoms with Gasteiger partial charge in [-0.15, -0.1) is 0 Å². The van der Waals surface area contributed by atoms with E-state index in [9.17, 15) is 18.0 Å². The number of amides is 2. The summed E-state index contributed by atoms with van der Waals surface area (Å²) in [6, 6.07) is 7.82. The van der Waals surface area contributed by atoms with Gasteiger partial charge in [-0.25, -0.2) is 8.42 Å². The van der Waals surface area contributed by atoms with Crippen LogP contribution in [0.25, 0.3) is 0 Å². The maximum Gasteiger partial charge on any atom is 0.223 e. The van der Waals surface area contributed by atoms with Crippen LogP contribution < -0.4 is 5.32 Å². The van der Waals surface area contributed by atoms with E-state index in [-0.39, 0.29) is 24.0 Å². The Morgan fingerprint density at radius 1 is 1.08 bits per heavy atom. The molecule has 0 atom stereocenters. The molecule has 1 saturated heterocycles. The van der Waals surface area contributed by atoms with Gasteiger partial charge in [0.15, 0.2) is 0 Å². The topological polar surface area (TPSA) is 86.8 Å². The molecule has 144 valence electrons. The van der Waals surface area contributed by atoms with Crippen LogP contribution in [0.15, 0.2) is 24.3 Å². The fraction of sp³-hybridized carbons (Fsp3) is 0.556. The quantitative estimate of drug-likeness (QED) is 0.754. The average molecular weight is 381 g/mol. The molecule has 1 fully saturated rings. The Kier molecular flexibility index (Phi) is 7.16. The highest BCUT2D eigenvalue weighted by Crippen LogP contribution is 2.11. The van der Waals surface area contributed by atoms with Crippen LogP contribution in [0.3, 0.4) is 0 Å². The van der Waals surface area contributed by atoms with Gasteiger partial charge in [-0.2, -0.15) is 0 Å². The van der Waals surface area contributed by atoms with Crippen LogP contribution in [0, 0.1) is 0 Å². The third-order valence-electron chi connectivity index (χ3n) is 4.40. The second-order valence-corrected chi connectivity index (χ2v) is 8.99. The maximum atomic E-state index is 12.1. The first-order valence-electron chi connectivity index (χ1n) is 8.77.